The van der Waals surface area contributed by atoms with Crippen LogP contribution in [0.2, 0.25) is 0 Å². The summed E-state index contributed by atoms with van der Waals surface area (Å²) in [6, 6.07) is 5.07. The molecule has 0 bridgehead atoms. The van der Waals surface area contributed by atoms with Gasteiger partial charge in [-0.1, -0.05) is 40.5 Å². The predicted molar refractivity (Wildman–Crippen MR) is 150 cm³/mol. The van der Waals surface area contributed by atoms with Crippen LogP contribution in [-0.4, -0.2) is 66.8 Å². The number of nitrogens with one attached hydrogen (secondary N) is 2. The van der Waals surface area contributed by atoms with E-state index in [1.807, 2.05) is 34.7 Å². The van der Waals surface area contributed by atoms with Crippen LogP contribution < -0.4 is 25.2 Å². The summed E-state index contributed by atoms with van der Waals surface area (Å²) in [5.41, 5.74) is 1.67. The maximum atomic E-state index is 12.8. The van der Waals surface area contributed by atoms with Crippen molar-refractivity contribution in [2.24, 2.45) is 11.8 Å². The quantitative estimate of drug-likeness (QED) is 0.402. The minimum absolute atomic E-state index is 0.00757. The number of hydrogen-bond donors (Lipinski definition) is 3. The average molecular weight is 527 g/mol. The molecule has 3 rings (SSSR count). The highest BCUT2D eigenvalue weighted by molar-refractivity contribution is 5.97. The normalized spacial score (nSPS) is 14.5. The minimum atomic E-state index is -0.339. The molecule has 0 saturated heterocycles. The molecule has 0 aliphatic heterocycles. The van der Waals surface area contributed by atoms with Gasteiger partial charge >= 0.3 is 0 Å². The van der Waals surface area contributed by atoms with Crippen molar-refractivity contribution in [1.82, 2.24) is 15.3 Å². The highest BCUT2D eigenvalue weighted by Gasteiger charge is 2.27. The Morgan fingerprint density at radius 2 is 1.84 bits per heavy atom. The van der Waals surface area contributed by atoms with Crippen LogP contribution >= 0.6 is 0 Å². The molecule has 1 aromatic carbocycles. The molecule has 10 nitrogen and oxygen atoms in total. The zero-order valence-corrected chi connectivity index (χ0v) is 23.6. The van der Waals surface area contributed by atoms with Gasteiger partial charge in [0.1, 0.15) is 11.4 Å². The fourth-order valence-electron chi connectivity index (χ4n) is 4.62. The first-order valence-corrected chi connectivity index (χ1v) is 13.3. The number of ether oxygens (including phenoxy) is 1. The van der Waals surface area contributed by atoms with Crippen molar-refractivity contribution >= 4 is 35.0 Å². The number of amides is 2. The van der Waals surface area contributed by atoms with Gasteiger partial charge < -0.3 is 30.3 Å². The van der Waals surface area contributed by atoms with E-state index in [9.17, 15) is 14.7 Å². The van der Waals surface area contributed by atoms with Crippen molar-refractivity contribution in [3.8, 4) is 5.75 Å². The molecule has 2 aromatic rings. The van der Waals surface area contributed by atoms with E-state index in [1.54, 1.807) is 36.3 Å². The number of methoxy groups -OCH3 is 1. The van der Waals surface area contributed by atoms with Crippen LogP contribution in [-0.2, 0) is 4.79 Å². The lowest BCUT2D eigenvalue weighted by Gasteiger charge is -2.30. The lowest BCUT2D eigenvalue weighted by Crippen LogP contribution is -2.41. The summed E-state index contributed by atoms with van der Waals surface area (Å²) in [6.07, 6.45) is 6.18. The van der Waals surface area contributed by atoms with Crippen molar-refractivity contribution in [3.63, 3.8) is 0 Å². The molecule has 3 N–H and O–H groups in total. The van der Waals surface area contributed by atoms with Gasteiger partial charge in [0.05, 0.1) is 31.6 Å². The Labute approximate surface area is 225 Å². The van der Waals surface area contributed by atoms with E-state index in [2.05, 4.69) is 20.5 Å². The zero-order chi connectivity index (χ0) is 28.0. The molecule has 0 radical (unpaired) electrons. The number of aromatic nitrogens is 2. The number of carbonyl (C=O) groups is 2. The summed E-state index contributed by atoms with van der Waals surface area (Å²) in [5.74, 6) is 1.13. The number of benzene rings is 1. The average Bonchev–Trinajstić information content (AvgIpc) is 3.45. The maximum Gasteiger partial charge on any atom is 0.251 e. The number of aliphatic hydroxyl groups is 1. The Balaban J connectivity index is 1.91. The number of rotatable bonds is 11. The van der Waals surface area contributed by atoms with Crippen LogP contribution in [0.1, 0.15) is 63.7 Å². The molecule has 1 heterocycles. The fourth-order valence-corrected chi connectivity index (χ4v) is 4.62. The Morgan fingerprint density at radius 3 is 2.42 bits per heavy atom. The van der Waals surface area contributed by atoms with Gasteiger partial charge in [0.2, 0.25) is 11.9 Å². The van der Waals surface area contributed by atoms with Gasteiger partial charge in [-0.05, 0) is 37.0 Å². The van der Waals surface area contributed by atoms with Crippen LogP contribution in [0.25, 0.3) is 0 Å². The first-order valence-electron chi connectivity index (χ1n) is 13.3. The smallest absolute Gasteiger partial charge is 0.251 e. The van der Waals surface area contributed by atoms with Crippen LogP contribution in [0.5, 0.6) is 5.75 Å². The van der Waals surface area contributed by atoms with Crippen LogP contribution in [0, 0.1) is 11.8 Å². The molecule has 0 spiro atoms. The molecule has 1 aliphatic carbocycles. The van der Waals surface area contributed by atoms with Crippen molar-refractivity contribution in [2.75, 3.05) is 42.9 Å². The lowest BCUT2D eigenvalue weighted by molar-refractivity contribution is -0.121. The van der Waals surface area contributed by atoms with E-state index >= 15 is 0 Å². The van der Waals surface area contributed by atoms with E-state index in [0.717, 1.165) is 12.8 Å². The molecule has 1 atom stereocenters. The van der Waals surface area contributed by atoms with Crippen LogP contribution in [0.3, 0.4) is 0 Å². The van der Waals surface area contributed by atoms with Crippen molar-refractivity contribution in [3.05, 3.63) is 30.0 Å². The molecule has 1 saturated carbocycles. The first kappa shape index (κ1) is 29.2. The van der Waals surface area contributed by atoms with E-state index in [0.29, 0.717) is 40.5 Å². The Kier molecular flexibility index (Phi) is 9.90. The molecular formula is C28H42N6O4. The SMILES string of the molecule is COc1cc(C(=O)N[C@H](CO)C(C)C)ccc1Nc1ncc(N(C)C(=O)C(C)C)c(N(C)C2CCCC2)n1. The van der Waals surface area contributed by atoms with Gasteiger partial charge in [-0.3, -0.25) is 9.59 Å². The standard InChI is InChI=1S/C28H42N6O4/c1-17(2)22(16-35)30-26(36)19-12-13-21(24(14-19)38-7)31-28-29-15-23(34(6)27(37)18(3)4)25(32-28)33(5)20-10-8-9-11-20/h12-15,17-18,20,22,35H,8-11,16H2,1-7H3,(H,30,36)(H,29,31,32)/t22-/m1/s1. The highest BCUT2D eigenvalue weighted by atomic mass is 16.5. The maximum absolute atomic E-state index is 12.8. The van der Waals surface area contributed by atoms with Gasteiger partial charge in [0.25, 0.3) is 5.91 Å². The van der Waals surface area contributed by atoms with E-state index < -0.39 is 0 Å². The largest absolute Gasteiger partial charge is 0.495 e. The van der Waals surface area contributed by atoms with Gasteiger partial charge in [-0.25, -0.2) is 4.98 Å². The molecule has 208 valence electrons. The summed E-state index contributed by atoms with van der Waals surface area (Å²) in [6.45, 7) is 7.49. The first-order chi connectivity index (χ1) is 18.1. The second-order valence-electron chi connectivity index (χ2n) is 10.6. The molecule has 38 heavy (non-hydrogen) atoms. The third kappa shape index (κ3) is 6.72. The molecule has 10 heteroatoms. The summed E-state index contributed by atoms with van der Waals surface area (Å²) in [7, 11) is 5.31. The summed E-state index contributed by atoms with van der Waals surface area (Å²) in [5, 5.41) is 15.6. The molecule has 1 aromatic heterocycles. The third-order valence-corrected chi connectivity index (χ3v) is 7.17. The molecule has 0 unspecified atom stereocenters. The van der Waals surface area contributed by atoms with Crippen LogP contribution in [0.15, 0.2) is 24.4 Å². The molecule has 2 amide bonds. The molecule has 1 aliphatic rings. The molecular weight excluding hydrogens is 484 g/mol. The van der Waals surface area contributed by atoms with E-state index in [-0.39, 0.29) is 36.3 Å². The van der Waals surface area contributed by atoms with Gasteiger partial charge in [-0.2, -0.15) is 4.98 Å². The second kappa shape index (κ2) is 12.9. The Bertz CT molecular complexity index is 1120. The number of nitrogens with zero attached hydrogens (tertiary/aromatic N) is 4. The van der Waals surface area contributed by atoms with Gasteiger partial charge in [0, 0.05) is 31.6 Å². The van der Waals surface area contributed by atoms with Gasteiger partial charge in [0.15, 0.2) is 5.82 Å². The Morgan fingerprint density at radius 1 is 1.16 bits per heavy atom. The zero-order valence-electron chi connectivity index (χ0n) is 23.6. The van der Waals surface area contributed by atoms with Gasteiger partial charge in [-0.15, -0.1) is 0 Å². The molecule has 1 fully saturated rings. The Hall–Kier alpha value is -3.40. The second-order valence-corrected chi connectivity index (χ2v) is 10.6. The van der Waals surface area contributed by atoms with Crippen molar-refractivity contribution < 1.29 is 19.4 Å². The third-order valence-electron chi connectivity index (χ3n) is 7.17. The number of aliphatic hydroxyl groups excluding tert-OH is 1. The number of anilines is 4. The summed E-state index contributed by atoms with van der Waals surface area (Å²) >= 11 is 0. The van der Waals surface area contributed by atoms with Crippen molar-refractivity contribution in [2.45, 2.75) is 65.5 Å². The van der Waals surface area contributed by atoms with E-state index in [1.165, 1.54) is 20.0 Å². The monoisotopic (exact) mass is 526 g/mol. The van der Waals surface area contributed by atoms with Crippen LogP contribution in [0.4, 0.5) is 23.1 Å². The fraction of sp³-hybridized carbons (Fsp3) is 0.571. The summed E-state index contributed by atoms with van der Waals surface area (Å²) < 4.78 is 5.56. The topological polar surface area (TPSA) is 120 Å². The lowest BCUT2D eigenvalue weighted by atomic mass is 10.0. The number of hydrogen-bond acceptors (Lipinski definition) is 8. The number of carbonyl (C=O) groups excluding carboxylic acids is 2. The minimum Gasteiger partial charge on any atom is -0.495 e. The summed E-state index contributed by atoms with van der Waals surface area (Å²) in [4.78, 5) is 38.6. The predicted octanol–water partition coefficient (Wildman–Crippen LogP) is 3.97. The van der Waals surface area contributed by atoms with Crippen molar-refractivity contribution in [1.29, 1.82) is 0 Å². The van der Waals surface area contributed by atoms with E-state index in [4.69, 9.17) is 9.72 Å². The highest BCUT2D eigenvalue weighted by Crippen LogP contribution is 2.34.